The van der Waals surface area contributed by atoms with E-state index in [-0.39, 0.29) is 0 Å². The predicted molar refractivity (Wildman–Crippen MR) is 73.8 cm³/mol. The van der Waals surface area contributed by atoms with Crippen molar-refractivity contribution in [1.29, 1.82) is 0 Å². The number of hydrogen-bond acceptors (Lipinski definition) is 3. The number of rotatable bonds is 3. The molecule has 1 aromatic carbocycles. The van der Waals surface area contributed by atoms with Gasteiger partial charge in [0.1, 0.15) is 12.7 Å². The minimum Gasteiger partial charge on any atom is -0.316 e. The van der Waals surface area contributed by atoms with E-state index in [2.05, 4.69) is 15.3 Å². The Balaban J connectivity index is 1.95. The second kappa shape index (κ2) is 5.47. The summed E-state index contributed by atoms with van der Waals surface area (Å²) >= 11 is 0. The summed E-state index contributed by atoms with van der Waals surface area (Å²) in [5, 5.41) is 11.3. The smallest absolute Gasteiger partial charge is 0.316 e. The highest BCUT2D eigenvalue weighted by molar-refractivity contribution is 5.78. The van der Waals surface area contributed by atoms with Gasteiger partial charge in [0.25, 0.3) is 0 Å². The lowest BCUT2D eigenvalue weighted by atomic mass is 10.2. The number of hydrogen-bond donors (Lipinski definition) is 0. The van der Waals surface area contributed by atoms with E-state index >= 15 is 0 Å². The summed E-state index contributed by atoms with van der Waals surface area (Å²) in [6.45, 7) is 0. The van der Waals surface area contributed by atoms with E-state index < -0.39 is 11.7 Å². The summed E-state index contributed by atoms with van der Waals surface area (Å²) in [5.74, 6) is 0. The molecule has 5 nitrogen and oxygen atoms in total. The Kier molecular flexibility index (Phi) is 3.50. The molecule has 0 amide bonds. The largest absolute Gasteiger partial charge is 0.416 e. The van der Waals surface area contributed by atoms with Gasteiger partial charge in [-0.05, 0) is 30.3 Å². The molecule has 22 heavy (non-hydrogen) atoms. The van der Waals surface area contributed by atoms with Crippen LogP contribution in [0.1, 0.15) is 11.3 Å². The minimum atomic E-state index is -4.38. The van der Waals surface area contributed by atoms with Gasteiger partial charge in [0.15, 0.2) is 0 Å². The van der Waals surface area contributed by atoms with Gasteiger partial charge in [0, 0.05) is 11.9 Å². The molecule has 0 aliphatic carbocycles. The first-order chi connectivity index (χ1) is 10.5. The molecule has 3 rings (SSSR count). The van der Waals surface area contributed by atoms with Crippen LogP contribution in [0.4, 0.5) is 13.2 Å². The quantitative estimate of drug-likeness (QED) is 0.698. The lowest BCUT2D eigenvalue weighted by Gasteiger charge is -2.10. The van der Waals surface area contributed by atoms with Crippen molar-refractivity contribution in [3.05, 3.63) is 66.5 Å². The molecule has 0 saturated carbocycles. The standard InChI is InChI=1S/C14H10F3N5/c15-14(16,17)11-3-1-4-12(7-11)22-6-2-5-13(22)8-20-21-9-18-19-10-21/h1-10H/b20-8+. The molecule has 2 aromatic heterocycles. The van der Waals surface area contributed by atoms with Crippen molar-refractivity contribution < 1.29 is 13.2 Å². The van der Waals surface area contributed by atoms with Crippen molar-refractivity contribution in [1.82, 2.24) is 19.4 Å². The topological polar surface area (TPSA) is 48.0 Å². The van der Waals surface area contributed by atoms with E-state index in [1.165, 1.54) is 29.6 Å². The van der Waals surface area contributed by atoms with Crippen molar-refractivity contribution in [2.75, 3.05) is 0 Å². The van der Waals surface area contributed by atoms with E-state index in [1.807, 2.05) is 0 Å². The summed E-state index contributed by atoms with van der Waals surface area (Å²) < 4.78 is 41.4. The second-order valence-corrected chi connectivity index (χ2v) is 4.44. The van der Waals surface area contributed by atoms with Crippen molar-refractivity contribution >= 4 is 6.21 Å². The number of aromatic nitrogens is 4. The summed E-state index contributed by atoms with van der Waals surface area (Å²) in [4.78, 5) is 0. The summed E-state index contributed by atoms with van der Waals surface area (Å²) in [7, 11) is 0. The van der Waals surface area contributed by atoms with Gasteiger partial charge in [-0.2, -0.15) is 18.3 Å². The van der Waals surface area contributed by atoms with Crippen molar-refractivity contribution in [2.24, 2.45) is 5.10 Å². The number of alkyl halides is 3. The van der Waals surface area contributed by atoms with Gasteiger partial charge in [-0.15, -0.1) is 10.2 Å². The Morgan fingerprint density at radius 3 is 2.55 bits per heavy atom. The molecule has 0 bridgehead atoms. The molecule has 0 aliphatic heterocycles. The molecule has 3 aromatic rings. The van der Waals surface area contributed by atoms with Crippen molar-refractivity contribution in [3.8, 4) is 5.69 Å². The van der Waals surface area contributed by atoms with Crippen molar-refractivity contribution in [2.45, 2.75) is 6.18 Å². The number of halogens is 3. The van der Waals surface area contributed by atoms with Crippen LogP contribution in [0.5, 0.6) is 0 Å². The first kappa shape index (κ1) is 14.1. The van der Waals surface area contributed by atoms with Crippen molar-refractivity contribution in [3.63, 3.8) is 0 Å². The Morgan fingerprint density at radius 1 is 1.05 bits per heavy atom. The molecule has 0 unspecified atom stereocenters. The second-order valence-electron chi connectivity index (χ2n) is 4.44. The van der Waals surface area contributed by atoms with Crippen LogP contribution in [0.25, 0.3) is 5.69 Å². The SMILES string of the molecule is FC(F)(F)c1cccc(-n2cccc2/C=N/n2cnnc2)c1. The highest BCUT2D eigenvalue weighted by Crippen LogP contribution is 2.30. The first-order valence-corrected chi connectivity index (χ1v) is 6.28. The van der Waals surface area contributed by atoms with E-state index in [4.69, 9.17) is 0 Å². The highest BCUT2D eigenvalue weighted by Gasteiger charge is 2.30. The number of benzene rings is 1. The fourth-order valence-corrected chi connectivity index (χ4v) is 1.95. The summed E-state index contributed by atoms with van der Waals surface area (Å²) in [5.41, 5.74) is 0.346. The zero-order chi connectivity index (χ0) is 15.6. The van der Waals surface area contributed by atoms with Gasteiger partial charge >= 0.3 is 6.18 Å². The Bertz CT molecular complexity index is 787. The first-order valence-electron chi connectivity index (χ1n) is 6.28. The van der Waals surface area contributed by atoms with Crippen LogP contribution < -0.4 is 0 Å². The molecular weight excluding hydrogens is 295 g/mol. The van der Waals surface area contributed by atoms with E-state index in [0.29, 0.717) is 11.4 Å². The maximum absolute atomic E-state index is 12.8. The zero-order valence-electron chi connectivity index (χ0n) is 11.1. The van der Waals surface area contributed by atoms with Crippen LogP contribution in [-0.4, -0.2) is 25.7 Å². The van der Waals surface area contributed by atoms with Gasteiger partial charge in [-0.1, -0.05) is 6.07 Å². The summed E-state index contributed by atoms with van der Waals surface area (Å²) in [6.07, 6.45) is 1.63. The third-order valence-electron chi connectivity index (χ3n) is 2.96. The van der Waals surface area contributed by atoms with E-state index in [1.54, 1.807) is 29.0 Å². The van der Waals surface area contributed by atoms with E-state index in [0.717, 1.165) is 12.1 Å². The predicted octanol–water partition coefficient (Wildman–Crippen LogP) is 2.97. The maximum Gasteiger partial charge on any atom is 0.416 e. The van der Waals surface area contributed by atoms with E-state index in [9.17, 15) is 13.2 Å². The Hall–Kier alpha value is -2.90. The zero-order valence-corrected chi connectivity index (χ0v) is 11.1. The van der Waals surface area contributed by atoms with Gasteiger partial charge in [0.05, 0.1) is 17.5 Å². The normalized spacial score (nSPS) is 12.1. The third-order valence-corrected chi connectivity index (χ3v) is 2.96. The third kappa shape index (κ3) is 2.90. The van der Waals surface area contributed by atoms with Crippen LogP contribution >= 0.6 is 0 Å². The molecule has 0 saturated heterocycles. The molecule has 0 atom stereocenters. The molecule has 0 radical (unpaired) electrons. The van der Waals surface area contributed by atoms with Gasteiger partial charge in [0.2, 0.25) is 0 Å². The molecule has 0 aliphatic rings. The monoisotopic (exact) mass is 305 g/mol. The molecule has 0 fully saturated rings. The Labute approximate surface area is 123 Å². The molecule has 2 heterocycles. The van der Waals surface area contributed by atoms with Crippen LogP contribution in [0.2, 0.25) is 0 Å². The average Bonchev–Trinajstić information content (AvgIpc) is 3.16. The fourth-order valence-electron chi connectivity index (χ4n) is 1.95. The molecule has 8 heteroatoms. The highest BCUT2D eigenvalue weighted by atomic mass is 19.4. The molecule has 112 valence electrons. The summed E-state index contributed by atoms with van der Waals surface area (Å²) in [6, 6.07) is 8.58. The molecule has 0 spiro atoms. The van der Waals surface area contributed by atoms with Gasteiger partial charge < -0.3 is 4.57 Å². The molecular formula is C14H10F3N5. The average molecular weight is 305 g/mol. The molecule has 0 N–H and O–H groups in total. The van der Waals surface area contributed by atoms with Gasteiger partial charge in [-0.25, -0.2) is 4.68 Å². The maximum atomic E-state index is 12.8. The minimum absolute atomic E-state index is 0.407. The fraction of sp³-hybridized carbons (Fsp3) is 0.0714. The Morgan fingerprint density at radius 2 is 1.82 bits per heavy atom. The lowest BCUT2D eigenvalue weighted by molar-refractivity contribution is -0.137. The number of nitrogens with zero attached hydrogens (tertiary/aromatic N) is 5. The van der Waals surface area contributed by atoms with Crippen LogP contribution in [0.15, 0.2) is 60.4 Å². The lowest BCUT2D eigenvalue weighted by Crippen LogP contribution is -2.06. The van der Waals surface area contributed by atoms with Gasteiger partial charge in [-0.3, -0.25) is 0 Å². The van der Waals surface area contributed by atoms with Crippen LogP contribution in [-0.2, 0) is 6.18 Å². The van der Waals surface area contributed by atoms with Crippen LogP contribution in [0.3, 0.4) is 0 Å². The van der Waals surface area contributed by atoms with Crippen LogP contribution in [0, 0.1) is 0 Å².